The van der Waals surface area contributed by atoms with Crippen LogP contribution in [0.15, 0.2) is 54.6 Å². The Kier molecular flexibility index (Phi) is 6.46. The molecule has 31 heavy (non-hydrogen) atoms. The van der Waals surface area contributed by atoms with E-state index in [1.807, 2.05) is 41.3 Å². The van der Waals surface area contributed by atoms with Gasteiger partial charge in [-0.15, -0.1) is 0 Å². The molecule has 162 valence electrons. The predicted molar refractivity (Wildman–Crippen MR) is 116 cm³/mol. The highest BCUT2D eigenvalue weighted by Crippen LogP contribution is 2.29. The first-order chi connectivity index (χ1) is 15.0. The van der Waals surface area contributed by atoms with E-state index in [4.69, 9.17) is 4.74 Å². The molecule has 1 amide bonds. The highest BCUT2D eigenvalue weighted by Gasteiger charge is 2.19. The van der Waals surface area contributed by atoms with Gasteiger partial charge in [0.2, 0.25) is 5.91 Å². The lowest BCUT2D eigenvalue weighted by molar-refractivity contribution is -0.124. The number of β-amino-alcohol motifs (C(OH)–C–C–N with tert-alkyl or cyclic N) is 1. The van der Waals surface area contributed by atoms with Gasteiger partial charge in [-0.25, -0.2) is 4.39 Å². The molecule has 4 rings (SSSR count). The van der Waals surface area contributed by atoms with E-state index in [2.05, 4.69) is 5.32 Å². The topological polar surface area (TPSA) is 82.0 Å². The summed E-state index contributed by atoms with van der Waals surface area (Å²) >= 11 is 0. The molecular formula is C24H25FN2O4. The number of amides is 1. The lowest BCUT2D eigenvalue weighted by Gasteiger charge is -2.28. The highest BCUT2D eigenvalue weighted by atomic mass is 19.1. The van der Waals surface area contributed by atoms with E-state index >= 15 is 0 Å². The minimum absolute atomic E-state index is 0.0364. The van der Waals surface area contributed by atoms with Crippen molar-refractivity contribution in [3.05, 3.63) is 66.0 Å². The van der Waals surface area contributed by atoms with Crippen LogP contribution >= 0.6 is 0 Å². The zero-order valence-corrected chi connectivity index (χ0v) is 17.1. The summed E-state index contributed by atoms with van der Waals surface area (Å²) in [6, 6.07) is 15.8. The third-order valence-electron chi connectivity index (χ3n) is 5.36. The number of carbonyl (C=O) groups is 1. The largest absolute Gasteiger partial charge is 0.491 e. The minimum Gasteiger partial charge on any atom is -0.491 e. The molecule has 7 heteroatoms. The van der Waals surface area contributed by atoms with E-state index in [0.29, 0.717) is 42.1 Å². The van der Waals surface area contributed by atoms with Gasteiger partial charge in [-0.05, 0) is 52.2 Å². The summed E-state index contributed by atoms with van der Waals surface area (Å²) in [5.74, 6) is 0.216. The fourth-order valence-electron chi connectivity index (χ4n) is 3.76. The van der Waals surface area contributed by atoms with Crippen molar-refractivity contribution in [2.75, 3.05) is 32.8 Å². The maximum Gasteiger partial charge on any atom is 0.234 e. The van der Waals surface area contributed by atoms with Gasteiger partial charge in [0.1, 0.15) is 24.3 Å². The first-order valence-electron chi connectivity index (χ1n) is 10.3. The number of hydrogen-bond donors (Lipinski definition) is 3. The van der Waals surface area contributed by atoms with Gasteiger partial charge < -0.3 is 20.3 Å². The van der Waals surface area contributed by atoms with Crippen molar-refractivity contribution >= 4 is 16.7 Å². The van der Waals surface area contributed by atoms with Crippen LogP contribution in [0.3, 0.4) is 0 Å². The Hall–Kier alpha value is -3.00. The average molecular weight is 424 g/mol. The minimum atomic E-state index is -0.719. The van der Waals surface area contributed by atoms with Gasteiger partial charge in [0.15, 0.2) is 0 Å². The number of fused-ring (bicyclic) bond motifs is 1. The SMILES string of the molecule is O=C1CN(CC(O)COc2ccc3ccc(-c4cc(CO)ccc4F)cc3c2)CCN1. The van der Waals surface area contributed by atoms with Gasteiger partial charge in [-0.1, -0.05) is 24.3 Å². The van der Waals surface area contributed by atoms with Crippen molar-refractivity contribution in [1.82, 2.24) is 10.2 Å². The quantitative estimate of drug-likeness (QED) is 0.542. The van der Waals surface area contributed by atoms with E-state index in [1.54, 1.807) is 12.1 Å². The molecule has 1 atom stereocenters. The molecule has 0 bridgehead atoms. The standard InChI is InChI=1S/C24H25FN2O4/c25-23-6-1-16(14-28)9-22(23)18-3-2-17-4-5-21(11-19(17)10-18)31-15-20(29)12-27-8-7-26-24(30)13-27/h1-6,9-11,20,28-29H,7-8,12-15H2,(H,26,30). The molecule has 0 saturated carbocycles. The van der Waals surface area contributed by atoms with E-state index < -0.39 is 6.10 Å². The third-order valence-corrected chi connectivity index (χ3v) is 5.36. The second kappa shape index (κ2) is 9.43. The number of aliphatic hydroxyl groups is 2. The number of halogens is 1. The third kappa shape index (κ3) is 5.19. The molecule has 1 fully saturated rings. The lowest BCUT2D eigenvalue weighted by atomic mass is 9.99. The normalized spacial score (nSPS) is 15.6. The first kappa shape index (κ1) is 21.2. The van der Waals surface area contributed by atoms with E-state index in [1.165, 1.54) is 6.07 Å². The molecule has 6 nitrogen and oxygen atoms in total. The summed E-state index contributed by atoms with van der Waals surface area (Å²) in [7, 11) is 0. The van der Waals surface area contributed by atoms with Crippen molar-refractivity contribution in [3.63, 3.8) is 0 Å². The number of hydrogen-bond acceptors (Lipinski definition) is 5. The predicted octanol–water partition coefficient (Wildman–Crippen LogP) is 2.31. The number of benzene rings is 3. The van der Waals surface area contributed by atoms with Gasteiger partial charge in [0.25, 0.3) is 0 Å². The second-order valence-electron chi connectivity index (χ2n) is 7.75. The molecule has 1 saturated heterocycles. The van der Waals surface area contributed by atoms with Crippen LogP contribution in [0.1, 0.15) is 5.56 Å². The zero-order valence-electron chi connectivity index (χ0n) is 17.1. The van der Waals surface area contributed by atoms with Crippen LogP contribution in [-0.4, -0.2) is 59.9 Å². The maximum absolute atomic E-state index is 14.3. The molecule has 0 radical (unpaired) electrons. The van der Waals surface area contributed by atoms with Crippen molar-refractivity contribution in [3.8, 4) is 16.9 Å². The molecule has 0 aliphatic carbocycles. The summed E-state index contributed by atoms with van der Waals surface area (Å²) in [5.41, 5.74) is 1.79. The van der Waals surface area contributed by atoms with Gasteiger partial charge in [0.05, 0.1) is 13.2 Å². The number of aliphatic hydroxyl groups excluding tert-OH is 2. The number of nitrogens with one attached hydrogen (secondary N) is 1. The number of rotatable bonds is 7. The van der Waals surface area contributed by atoms with E-state index in [0.717, 1.165) is 10.8 Å². The smallest absolute Gasteiger partial charge is 0.234 e. The summed E-state index contributed by atoms with van der Waals surface area (Å²) < 4.78 is 20.1. The molecule has 3 aromatic carbocycles. The van der Waals surface area contributed by atoms with Crippen LogP contribution in [0.2, 0.25) is 0 Å². The Morgan fingerprint density at radius 2 is 1.94 bits per heavy atom. The zero-order chi connectivity index (χ0) is 21.8. The maximum atomic E-state index is 14.3. The van der Waals surface area contributed by atoms with Crippen LogP contribution in [0.4, 0.5) is 4.39 Å². The molecule has 3 N–H and O–H groups in total. The summed E-state index contributed by atoms with van der Waals surface area (Å²) in [6.45, 7) is 1.89. The lowest BCUT2D eigenvalue weighted by Crippen LogP contribution is -2.50. The Balaban J connectivity index is 1.46. The van der Waals surface area contributed by atoms with Gasteiger partial charge in [-0.2, -0.15) is 0 Å². The Morgan fingerprint density at radius 1 is 1.10 bits per heavy atom. The van der Waals surface area contributed by atoms with Crippen LogP contribution in [0, 0.1) is 5.82 Å². The molecule has 3 aromatic rings. The number of piperazine rings is 1. The van der Waals surface area contributed by atoms with Gasteiger partial charge in [0, 0.05) is 25.2 Å². The van der Waals surface area contributed by atoms with E-state index in [9.17, 15) is 19.4 Å². The highest BCUT2D eigenvalue weighted by molar-refractivity contribution is 5.88. The fourth-order valence-corrected chi connectivity index (χ4v) is 3.76. The van der Waals surface area contributed by atoms with Crippen molar-refractivity contribution in [2.24, 2.45) is 0 Å². The average Bonchev–Trinajstić information content (AvgIpc) is 2.77. The molecule has 1 unspecified atom stereocenters. The summed E-state index contributed by atoms with van der Waals surface area (Å²) in [6.07, 6.45) is -0.719. The fraction of sp³-hybridized carbons (Fsp3) is 0.292. The van der Waals surface area contributed by atoms with Crippen LogP contribution < -0.4 is 10.1 Å². The Bertz CT molecular complexity index is 1090. The van der Waals surface area contributed by atoms with Gasteiger partial charge >= 0.3 is 0 Å². The Labute approximate surface area is 179 Å². The van der Waals surface area contributed by atoms with Crippen molar-refractivity contribution in [1.29, 1.82) is 0 Å². The molecular weight excluding hydrogens is 399 g/mol. The van der Waals surface area contributed by atoms with E-state index in [-0.39, 0.29) is 31.5 Å². The molecule has 1 heterocycles. The summed E-state index contributed by atoms with van der Waals surface area (Å²) in [5, 5.41) is 24.2. The first-order valence-corrected chi connectivity index (χ1v) is 10.3. The molecule has 0 aromatic heterocycles. The van der Waals surface area contributed by atoms with Crippen molar-refractivity contribution < 1.29 is 24.1 Å². The van der Waals surface area contributed by atoms with Crippen LogP contribution in [-0.2, 0) is 11.4 Å². The number of nitrogens with zero attached hydrogens (tertiary/aromatic N) is 1. The second-order valence-corrected chi connectivity index (χ2v) is 7.75. The molecule has 0 spiro atoms. The van der Waals surface area contributed by atoms with Crippen molar-refractivity contribution in [2.45, 2.75) is 12.7 Å². The van der Waals surface area contributed by atoms with Crippen LogP contribution in [0.5, 0.6) is 5.75 Å². The van der Waals surface area contributed by atoms with Gasteiger partial charge in [-0.3, -0.25) is 9.69 Å². The monoisotopic (exact) mass is 424 g/mol. The Morgan fingerprint density at radius 3 is 2.74 bits per heavy atom. The summed E-state index contributed by atoms with van der Waals surface area (Å²) in [4.78, 5) is 13.3. The molecule has 1 aliphatic heterocycles. The molecule has 1 aliphatic rings. The number of carbonyl (C=O) groups excluding carboxylic acids is 1. The number of ether oxygens (including phenoxy) is 1. The van der Waals surface area contributed by atoms with Crippen LogP contribution in [0.25, 0.3) is 21.9 Å².